The molecule has 0 aromatic heterocycles. The van der Waals surface area contributed by atoms with E-state index < -0.39 is 37.3 Å². The van der Waals surface area contributed by atoms with Gasteiger partial charge in [-0.05, 0) is 12.1 Å². The molecule has 0 aliphatic carbocycles. The third kappa shape index (κ3) is 2.63. The Kier molecular flexibility index (Phi) is 4.15. The lowest BCUT2D eigenvalue weighted by Gasteiger charge is -2.39. The minimum absolute atomic E-state index is 0.460. The van der Waals surface area contributed by atoms with Crippen molar-refractivity contribution in [3.8, 4) is 5.75 Å². The van der Waals surface area contributed by atoms with E-state index in [1.807, 2.05) is 0 Å². The second-order valence-electron chi connectivity index (χ2n) is 4.13. The molecule has 0 radical (unpaired) electrons. The van der Waals surface area contributed by atoms with Crippen LogP contribution in [0.15, 0.2) is 30.3 Å². The number of ether oxygens (including phenoxy) is 2. The molecule has 0 saturated carbocycles. The zero-order valence-corrected chi connectivity index (χ0v) is 9.59. The van der Waals surface area contributed by atoms with Crippen LogP contribution in [0.1, 0.15) is 0 Å². The van der Waals surface area contributed by atoms with Crippen LogP contribution in [0.2, 0.25) is 0 Å². The van der Waals surface area contributed by atoms with Crippen molar-refractivity contribution in [3.05, 3.63) is 30.3 Å². The van der Waals surface area contributed by atoms with Crippen molar-refractivity contribution in [2.24, 2.45) is 0 Å². The molecule has 18 heavy (non-hydrogen) atoms. The van der Waals surface area contributed by atoms with E-state index >= 15 is 0 Å². The summed E-state index contributed by atoms with van der Waals surface area (Å²) in [4.78, 5) is 0. The van der Waals surface area contributed by atoms with Gasteiger partial charge in [-0.15, -0.1) is 0 Å². The maximum absolute atomic E-state index is 9.74. The molecular formula is C12H16O6. The second kappa shape index (κ2) is 5.64. The molecule has 6 heteroatoms. The summed E-state index contributed by atoms with van der Waals surface area (Å²) >= 11 is 0. The van der Waals surface area contributed by atoms with Crippen molar-refractivity contribution in [2.45, 2.75) is 30.7 Å². The number of aliphatic hydroxyl groups is 4. The fraction of sp³-hybridized carbons (Fsp3) is 0.500. The van der Waals surface area contributed by atoms with Crippen LogP contribution in [-0.4, -0.2) is 57.7 Å². The van der Waals surface area contributed by atoms with E-state index in [-0.39, 0.29) is 0 Å². The number of aliphatic hydroxyl groups excluding tert-OH is 4. The van der Waals surface area contributed by atoms with Gasteiger partial charge in [0.15, 0.2) is 0 Å². The highest BCUT2D eigenvalue weighted by Gasteiger charge is 2.44. The van der Waals surface area contributed by atoms with Crippen molar-refractivity contribution < 1.29 is 29.9 Å². The largest absolute Gasteiger partial charge is 0.462 e. The fourth-order valence-corrected chi connectivity index (χ4v) is 1.80. The number of hydrogen-bond donors (Lipinski definition) is 4. The molecule has 1 aromatic carbocycles. The van der Waals surface area contributed by atoms with Gasteiger partial charge in [-0.3, -0.25) is 0 Å². The SMILES string of the molecule is OC[C@H]1O[C@H](Oc2ccccc2)[C@H](O)[C@H](O)[C@H]1O. The standard InChI is InChI=1S/C12H16O6/c13-6-8-9(14)10(15)11(16)12(18-8)17-7-4-2-1-3-5-7/h1-5,8-16H,6H2/t8-,9+,10-,11-,12+/m1/s1. The van der Waals surface area contributed by atoms with Crippen LogP contribution in [0.25, 0.3) is 0 Å². The van der Waals surface area contributed by atoms with Crippen LogP contribution >= 0.6 is 0 Å². The van der Waals surface area contributed by atoms with Gasteiger partial charge in [-0.1, -0.05) is 18.2 Å². The van der Waals surface area contributed by atoms with Crippen molar-refractivity contribution >= 4 is 0 Å². The lowest BCUT2D eigenvalue weighted by Crippen LogP contribution is -2.60. The summed E-state index contributed by atoms with van der Waals surface area (Å²) in [5.41, 5.74) is 0. The van der Waals surface area contributed by atoms with Gasteiger partial charge in [-0.2, -0.15) is 0 Å². The Bertz CT molecular complexity index is 368. The molecule has 1 heterocycles. The molecule has 6 nitrogen and oxygen atoms in total. The highest BCUT2D eigenvalue weighted by atomic mass is 16.7. The molecule has 0 unspecified atom stereocenters. The van der Waals surface area contributed by atoms with Crippen molar-refractivity contribution in [2.75, 3.05) is 6.61 Å². The smallest absolute Gasteiger partial charge is 0.229 e. The van der Waals surface area contributed by atoms with Crippen LogP contribution < -0.4 is 4.74 Å². The first-order chi connectivity index (χ1) is 8.63. The third-order valence-electron chi connectivity index (χ3n) is 2.84. The van der Waals surface area contributed by atoms with Gasteiger partial charge in [0.1, 0.15) is 30.2 Å². The molecule has 0 spiro atoms. The average Bonchev–Trinajstić information content (AvgIpc) is 2.40. The average molecular weight is 256 g/mol. The Morgan fingerprint density at radius 1 is 1.00 bits per heavy atom. The van der Waals surface area contributed by atoms with Gasteiger partial charge < -0.3 is 29.9 Å². The molecule has 1 aliphatic heterocycles. The first-order valence-corrected chi connectivity index (χ1v) is 5.65. The van der Waals surface area contributed by atoms with Crippen LogP contribution in [0.3, 0.4) is 0 Å². The van der Waals surface area contributed by atoms with Crippen molar-refractivity contribution in [3.63, 3.8) is 0 Å². The zero-order valence-electron chi connectivity index (χ0n) is 9.59. The maximum atomic E-state index is 9.74. The number of rotatable bonds is 3. The van der Waals surface area contributed by atoms with E-state index in [2.05, 4.69) is 0 Å². The fourth-order valence-electron chi connectivity index (χ4n) is 1.80. The van der Waals surface area contributed by atoms with E-state index in [1.54, 1.807) is 30.3 Å². The zero-order chi connectivity index (χ0) is 13.1. The monoisotopic (exact) mass is 256 g/mol. The maximum Gasteiger partial charge on any atom is 0.229 e. The third-order valence-corrected chi connectivity index (χ3v) is 2.84. The molecule has 1 saturated heterocycles. The predicted molar refractivity (Wildman–Crippen MR) is 60.8 cm³/mol. The highest BCUT2D eigenvalue weighted by molar-refractivity contribution is 5.21. The van der Waals surface area contributed by atoms with E-state index in [1.165, 1.54) is 0 Å². The molecule has 100 valence electrons. The summed E-state index contributed by atoms with van der Waals surface area (Å²) in [7, 11) is 0. The molecule has 5 atom stereocenters. The molecule has 1 fully saturated rings. The molecule has 0 bridgehead atoms. The molecule has 4 N–H and O–H groups in total. The molecule has 2 rings (SSSR count). The van der Waals surface area contributed by atoms with Gasteiger partial charge in [0, 0.05) is 0 Å². The first kappa shape index (κ1) is 13.3. The number of para-hydroxylation sites is 1. The molecular weight excluding hydrogens is 240 g/mol. The van der Waals surface area contributed by atoms with Crippen LogP contribution in [0.5, 0.6) is 5.75 Å². The van der Waals surface area contributed by atoms with Gasteiger partial charge in [0.05, 0.1) is 6.61 Å². The number of hydrogen-bond acceptors (Lipinski definition) is 6. The van der Waals surface area contributed by atoms with Crippen molar-refractivity contribution in [1.29, 1.82) is 0 Å². The van der Waals surface area contributed by atoms with Crippen LogP contribution in [-0.2, 0) is 4.74 Å². The molecule has 1 aliphatic rings. The summed E-state index contributed by atoms with van der Waals surface area (Å²) in [6.45, 7) is -0.473. The summed E-state index contributed by atoms with van der Waals surface area (Å²) in [6.07, 6.45) is -6.28. The highest BCUT2D eigenvalue weighted by Crippen LogP contribution is 2.23. The van der Waals surface area contributed by atoms with Gasteiger partial charge in [-0.25, -0.2) is 0 Å². The topological polar surface area (TPSA) is 99.4 Å². The normalized spacial score (nSPS) is 36.3. The molecule has 1 aromatic rings. The van der Waals surface area contributed by atoms with E-state index in [4.69, 9.17) is 14.6 Å². The summed E-state index contributed by atoms with van der Waals surface area (Å²) in [5.74, 6) is 0.460. The Hall–Kier alpha value is -1.18. The van der Waals surface area contributed by atoms with E-state index in [9.17, 15) is 15.3 Å². The minimum atomic E-state index is -1.43. The molecule has 0 amide bonds. The first-order valence-electron chi connectivity index (χ1n) is 5.65. The minimum Gasteiger partial charge on any atom is -0.462 e. The predicted octanol–water partition coefficient (Wildman–Crippen LogP) is -1.13. The van der Waals surface area contributed by atoms with Crippen LogP contribution in [0, 0.1) is 0 Å². The van der Waals surface area contributed by atoms with Crippen LogP contribution in [0.4, 0.5) is 0 Å². The van der Waals surface area contributed by atoms with E-state index in [0.717, 1.165) is 0 Å². The summed E-state index contributed by atoms with van der Waals surface area (Å²) in [6, 6.07) is 8.64. The van der Waals surface area contributed by atoms with Gasteiger partial charge in [0.25, 0.3) is 0 Å². The van der Waals surface area contributed by atoms with Crippen molar-refractivity contribution in [1.82, 2.24) is 0 Å². The Balaban J connectivity index is 2.08. The Morgan fingerprint density at radius 3 is 2.28 bits per heavy atom. The van der Waals surface area contributed by atoms with E-state index in [0.29, 0.717) is 5.75 Å². The quantitative estimate of drug-likeness (QED) is 0.546. The second-order valence-corrected chi connectivity index (χ2v) is 4.13. The van der Waals surface area contributed by atoms with Gasteiger partial charge in [0.2, 0.25) is 6.29 Å². The summed E-state index contributed by atoms with van der Waals surface area (Å²) < 4.78 is 10.6. The lowest BCUT2D eigenvalue weighted by atomic mass is 9.99. The lowest BCUT2D eigenvalue weighted by molar-refractivity contribution is -0.277. The Morgan fingerprint density at radius 2 is 1.67 bits per heavy atom. The number of benzene rings is 1. The summed E-state index contributed by atoms with van der Waals surface area (Å²) in [5, 5.41) is 37.9. The Labute approximate surface area is 104 Å². The van der Waals surface area contributed by atoms with Gasteiger partial charge >= 0.3 is 0 Å².